The topological polar surface area (TPSA) is 41.1 Å². The van der Waals surface area contributed by atoms with Crippen molar-refractivity contribution in [1.29, 1.82) is 0 Å². The van der Waals surface area contributed by atoms with Gasteiger partial charge < -0.3 is 10.6 Å². The predicted octanol–water partition coefficient (Wildman–Crippen LogP) is 1.34. The van der Waals surface area contributed by atoms with Gasteiger partial charge in [-0.15, -0.1) is 0 Å². The van der Waals surface area contributed by atoms with E-state index >= 15 is 0 Å². The van der Waals surface area contributed by atoms with Crippen molar-refractivity contribution in [1.82, 2.24) is 10.6 Å². The Morgan fingerprint density at radius 1 is 1.06 bits per heavy atom. The van der Waals surface area contributed by atoms with Gasteiger partial charge in [-0.2, -0.15) is 13.2 Å². The molecular weight excluding hydrogens is 221 g/mol. The molecule has 0 unspecified atom stereocenters. The maximum Gasteiger partial charge on any atom is 0.471 e. The highest BCUT2D eigenvalue weighted by Gasteiger charge is 2.42. The van der Waals surface area contributed by atoms with Crippen LogP contribution in [0.1, 0.15) is 32.1 Å². The molecule has 3 nitrogen and oxygen atoms in total. The molecule has 2 rings (SSSR count). The van der Waals surface area contributed by atoms with Crippen LogP contribution in [0.5, 0.6) is 0 Å². The summed E-state index contributed by atoms with van der Waals surface area (Å²) in [5.41, 5.74) is 0. The summed E-state index contributed by atoms with van der Waals surface area (Å²) in [6.45, 7) is 0. The minimum atomic E-state index is -4.77. The molecule has 92 valence electrons. The highest BCUT2D eigenvalue weighted by molar-refractivity contribution is 5.82. The Morgan fingerprint density at radius 3 is 2.25 bits per heavy atom. The lowest BCUT2D eigenvalue weighted by molar-refractivity contribution is -0.174. The third kappa shape index (κ3) is 2.87. The fourth-order valence-electron chi connectivity index (χ4n) is 2.14. The van der Waals surface area contributed by atoms with Gasteiger partial charge >= 0.3 is 12.1 Å². The Labute approximate surface area is 91.8 Å². The first-order valence-electron chi connectivity index (χ1n) is 5.60. The second-order valence-corrected chi connectivity index (χ2v) is 4.56. The molecule has 2 saturated carbocycles. The molecule has 0 spiro atoms. The summed E-state index contributed by atoms with van der Waals surface area (Å²) in [6.07, 6.45) is -0.238. The SMILES string of the molecule is O=C(N[C@H]1CCC[C@@H]1NC1CC1)C(F)(F)F. The van der Waals surface area contributed by atoms with E-state index in [0.29, 0.717) is 12.5 Å². The molecule has 2 N–H and O–H groups in total. The lowest BCUT2D eigenvalue weighted by atomic mass is 10.1. The Morgan fingerprint density at radius 2 is 1.69 bits per heavy atom. The molecule has 0 saturated heterocycles. The van der Waals surface area contributed by atoms with Crippen LogP contribution in [0, 0.1) is 0 Å². The van der Waals surface area contributed by atoms with Crippen molar-refractivity contribution >= 4 is 5.91 Å². The van der Waals surface area contributed by atoms with E-state index in [9.17, 15) is 18.0 Å². The van der Waals surface area contributed by atoms with Crippen LogP contribution in [-0.2, 0) is 4.79 Å². The molecule has 2 aliphatic rings. The first-order chi connectivity index (χ1) is 7.47. The minimum Gasteiger partial charge on any atom is -0.344 e. The van der Waals surface area contributed by atoms with Gasteiger partial charge in [0, 0.05) is 18.1 Å². The fourth-order valence-corrected chi connectivity index (χ4v) is 2.14. The van der Waals surface area contributed by atoms with Gasteiger partial charge in [-0.05, 0) is 32.1 Å². The average Bonchev–Trinajstić information content (AvgIpc) is 2.87. The third-order valence-electron chi connectivity index (χ3n) is 3.12. The molecule has 2 aliphatic carbocycles. The van der Waals surface area contributed by atoms with Crippen LogP contribution in [0.2, 0.25) is 0 Å². The van der Waals surface area contributed by atoms with Crippen molar-refractivity contribution in [3.8, 4) is 0 Å². The quantitative estimate of drug-likeness (QED) is 0.776. The zero-order valence-electron chi connectivity index (χ0n) is 8.81. The van der Waals surface area contributed by atoms with Gasteiger partial charge in [0.25, 0.3) is 0 Å². The number of carbonyl (C=O) groups excluding carboxylic acids is 1. The number of nitrogens with one attached hydrogen (secondary N) is 2. The summed E-state index contributed by atoms with van der Waals surface area (Å²) in [5.74, 6) is -1.82. The van der Waals surface area contributed by atoms with Crippen LogP contribution < -0.4 is 10.6 Å². The molecule has 1 amide bonds. The van der Waals surface area contributed by atoms with E-state index in [1.165, 1.54) is 0 Å². The van der Waals surface area contributed by atoms with Crippen molar-refractivity contribution in [3.63, 3.8) is 0 Å². The maximum absolute atomic E-state index is 12.1. The van der Waals surface area contributed by atoms with Crippen LogP contribution in [0.3, 0.4) is 0 Å². The van der Waals surface area contributed by atoms with Gasteiger partial charge in [0.1, 0.15) is 0 Å². The summed E-state index contributed by atoms with van der Waals surface area (Å²) in [4.78, 5) is 10.8. The summed E-state index contributed by atoms with van der Waals surface area (Å²) in [6, 6.07) is 0.0990. The van der Waals surface area contributed by atoms with E-state index in [2.05, 4.69) is 10.6 Å². The second-order valence-electron chi connectivity index (χ2n) is 4.56. The van der Waals surface area contributed by atoms with Crippen LogP contribution in [0.15, 0.2) is 0 Å². The number of hydrogen-bond donors (Lipinski definition) is 2. The zero-order valence-corrected chi connectivity index (χ0v) is 8.81. The smallest absolute Gasteiger partial charge is 0.344 e. The molecule has 0 aromatic carbocycles. The van der Waals surface area contributed by atoms with E-state index in [1.807, 2.05) is 0 Å². The van der Waals surface area contributed by atoms with Gasteiger partial charge in [-0.25, -0.2) is 0 Å². The molecular formula is C10H15F3N2O. The Bertz CT molecular complexity index is 276. The highest BCUT2D eigenvalue weighted by Crippen LogP contribution is 2.26. The normalized spacial score (nSPS) is 30.4. The maximum atomic E-state index is 12.1. The molecule has 2 fully saturated rings. The van der Waals surface area contributed by atoms with E-state index < -0.39 is 12.1 Å². The Kier molecular flexibility index (Phi) is 3.10. The summed E-state index contributed by atoms with van der Waals surface area (Å²) < 4.78 is 36.2. The molecule has 0 heterocycles. The monoisotopic (exact) mass is 236 g/mol. The number of amides is 1. The lowest BCUT2D eigenvalue weighted by Crippen LogP contribution is -2.50. The van der Waals surface area contributed by atoms with E-state index in [-0.39, 0.29) is 12.1 Å². The third-order valence-corrected chi connectivity index (χ3v) is 3.12. The Balaban J connectivity index is 1.85. The molecule has 0 bridgehead atoms. The summed E-state index contributed by atoms with van der Waals surface area (Å²) in [5, 5.41) is 5.35. The van der Waals surface area contributed by atoms with Crippen molar-refractivity contribution in [2.24, 2.45) is 0 Å². The number of rotatable bonds is 3. The van der Waals surface area contributed by atoms with Crippen molar-refractivity contribution in [3.05, 3.63) is 0 Å². The molecule has 0 aliphatic heterocycles. The minimum absolute atomic E-state index is 0.0128. The van der Waals surface area contributed by atoms with Crippen molar-refractivity contribution in [2.75, 3.05) is 0 Å². The number of halogens is 3. The van der Waals surface area contributed by atoms with Gasteiger partial charge in [0.05, 0.1) is 0 Å². The average molecular weight is 236 g/mol. The van der Waals surface area contributed by atoms with E-state index in [0.717, 1.165) is 25.7 Å². The van der Waals surface area contributed by atoms with Gasteiger partial charge in [0.2, 0.25) is 0 Å². The number of alkyl halides is 3. The van der Waals surface area contributed by atoms with Crippen molar-refractivity contribution in [2.45, 2.75) is 56.4 Å². The highest BCUT2D eigenvalue weighted by atomic mass is 19.4. The molecule has 16 heavy (non-hydrogen) atoms. The summed E-state index contributed by atoms with van der Waals surface area (Å²) >= 11 is 0. The van der Waals surface area contributed by atoms with Crippen LogP contribution >= 0.6 is 0 Å². The largest absolute Gasteiger partial charge is 0.471 e. The fraction of sp³-hybridized carbons (Fsp3) is 0.900. The first-order valence-corrected chi connectivity index (χ1v) is 5.60. The zero-order chi connectivity index (χ0) is 11.8. The van der Waals surface area contributed by atoms with E-state index in [4.69, 9.17) is 0 Å². The van der Waals surface area contributed by atoms with Gasteiger partial charge in [-0.3, -0.25) is 4.79 Å². The standard InChI is InChI=1S/C10H15F3N2O/c11-10(12,13)9(16)15-8-3-1-2-7(8)14-6-4-5-6/h6-8,14H,1-5H2,(H,15,16)/t7-,8-/m0/s1. The predicted molar refractivity (Wildman–Crippen MR) is 51.8 cm³/mol. The molecule has 0 aromatic rings. The second kappa shape index (κ2) is 4.24. The molecule has 0 aromatic heterocycles. The van der Waals surface area contributed by atoms with Gasteiger partial charge in [0.15, 0.2) is 0 Å². The first kappa shape index (κ1) is 11.7. The summed E-state index contributed by atoms with van der Waals surface area (Å²) in [7, 11) is 0. The Hall–Kier alpha value is -0.780. The van der Waals surface area contributed by atoms with Crippen LogP contribution in [-0.4, -0.2) is 30.2 Å². The molecule has 0 radical (unpaired) electrons. The molecule has 6 heteroatoms. The van der Waals surface area contributed by atoms with Gasteiger partial charge in [-0.1, -0.05) is 0 Å². The van der Waals surface area contributed by atoms with Crippen LogP contribution in [0.4, 0.5) is 13.2 Å². The van der Waals surface area contributed by atoms with E-state index in [1.54, 1.807) is 0 Å². The lowest BCUT2D eigenvalue weighted by Gasteiger charge is -2.22. The number of carbonyl (C=O) groups is 1. The molecule has 2 atom stereocenters. The van der Waals surface area contributed by atoms with Crippen LogP contribution in [0.25, 0.3) is 0 Å². The number of hydrogen-bond acceptors (Lipinski definition) is 2. The van der Waals surface area contributed by atoms with Crippen molar-refractivity contribution < 1.29 is 18.0 Å².